The van der Waals surface area contributed by atoms with Crippen LogP contribution in [-0.2, 0) is 11.4 Å². The standard InChI is InChI=1S/C19H24NO3/c1-15(21)14-23-20(2,3)13-16-9-11-18(12-10-16)19(22)17-7-5-4-6-8-17/h4-12,15,21H,13-14H2,1-3H3/q+1. The largest absolute Gasteiger partial charge is 0.391 e. The number of nitrogens with zero attached hydrogens (tertiary/aromatic N) is 1. The van der Waals surface area contributed by atoms with E-state index in [1.165, 1.54) is 0 Å². The van der Waals surface area contributed by atoms with Crippen molar-refractivity contribution < 1.29 is 19.4 Å². The summed E-state index contributed by atoms with van der Waals surface area (Å²) in [4.78, 5) is 18.0. The fraction of sp³-hybridized carbons (Fsp3) is 0.316. The molecule has 2 aromatic carbocycles. The van der Waals surface area contributed by atoms with Crippen LogP contribution in [0.1, 0.15) is 28.4 Å². The van der Waals surface area contributed by atoms with E-state index in [2.05, 4.69) is 0 Å². The molecule has 2 rings (SSSR count). The molecule has 1 unspecified atom stereocenters. The van der Waals surface area contributed by atoms with Gasteiger partial charge in [-0.15, -0.1) is 0 Å². The number of benzene rings is 2. The van der Waals surface area contributed by atoms with Crippen LogP contribution in [0, 0.1) is 0 Å². The summed E-state index contributed by atoms with van der Waals surface area (Å²) in [6, 6.07) is 16.8. The normalized spacial score (nSPS) is 12.9. The Kier molecular flexibility index (Phi) is 5.66. The van der Waals surface area contributed by atoms with Gasteiger partial charge in [-0.1, -0.05) is 54.6 Å². The molecule has 4 nitrogen and oxygen atoms in total. The minimum atomic E-state index is -0.488. The Morgan fingerprint density at radius 1 is 1.04 bits per heavy atom. The molecule has 23 heavy (non-hydrogen) atoms. The zero-order valence-electron chi connectivity index (χ0n) is 13.9. The van der Waals surface area contributed by atoms with Gasteiger partial charge in [-0.25, -0.2) is 4.84 Å². The lowest BCUT2D eigenvalue weighted by atomic mass is 10.0. The van der Waals surface area contributed by atoms with E-state index in [-0.39, 0.29) is 12.4 Å². The predicted octanol–water partition coefficient (Wildman–Crippen LogP) is 2.81. The summed E-state index contributed by atoms with van der Waals surface area (Å²) in [6.45, 7) is 2.65. The summed E-state index contributed by atoms with van der Waals surface area (Å²) in [5.41, 5.74) is 2.44. The number of carbonyl (C=O) groups is 1. The first-order valence-corrected chi connectivity index (χ1v) is 7.72. The first kappa shape index (κ1) is 17.3. The quantitative estimate of drug-likeness (QED) is 0.486. The van der Waals surface area contributed by atoms with Crippen LogP contribution in [0.3, 0.4) is 0 Å². The Hall–Kier alpha value is -2.01. The number of aliphatic hydroxyl groups excluding tert-OH is 1. The van der Waals surface area contributed by atoms with Gasteiger partial charge in [0.2, 0.25) is 0 Å². The Bertz CT molecular complexity index is 633. The number of hydrogen-bond acceptors (Lipinski definition) is 3. The molecule has 0 spiro atoms. The van der Waals surface area contributed by atoms with Crippen LogP contribution in [0.2, 0.25) is 0 Å². The van der Waals surface area contributed by atoms with Gasteiger partial charge in [0.1, 0.15) is 13.2 Å². The van der Waals surface area contributed by atoms with Crippen molar-refractivity contribution in [2.24, 2.45) is 0 Å². The molecule has 0 bridgehead atoms. The van der Waals surface area contributed by atoms with Crippen molar-refractivity contribution >= 4 is 5.78 Å². The van der Waals surface area contributed by atoms with Crippen LogP contribution in [0.5, 0.6) is 0 Å². The van der Waals surface area contributed by atoms with E-state index in [0.717, 1.165) is 5.56 Å². The van der Waals surface area contributed by atoms with Crippen LogP contribution in [0.25, 0.3) is 0 Å². The maximum absolute atomic E-state index is 12.4. The molecular weight excluding hydrogens is 290 g/mol. The second-order valence-electron chi connectivity index (χ2n) is 6.27. The van der Waals surface area contributed by atoms with Gasteiger partial charge in [-0.05, 0) is 6.92 Å². The fourth-order valence-electron chi connectivity index (χ4n) is 2.31. The third-order valence-electron chi connectivity index (χ3n) is 3.48. The molecule has 1 N–H and O–H groups in total. The molecule has 0 saturated heterocycles. The highest BCUT2D eigenvalue weighted by atomic mass is 16.7. The summed E-state index contributed by atoms with van der Waals surface area (Å²) in [5.74, 6) is 0.0243. The number of hydroxylamine groups is 3. The number of aliphatic hydroxyl groups is 1. The number of rotatable bonds is 7. The summed E-state index contributed by atoms with van der Waals surface area (Å²) in [5, 5.41) is 9.32. The van der Waals surface area contributed by atoms with E-state index in [1.807, 2.05) is 68.7 Å². The second-order valence-corrected chi connectivity index (χ2v) is 6.27. The minimum absolute atomic E-state index is 0.0243. The molecule has 4 heteroatoms. The molecule has 0 aliphatic carbocycles. The van der Waals surface area contributed by atoms with Crippen LogP contribution in [-0.4, -0.2) is 42.3 Å². The molecule has 0 aliphatic heterocycles. The molecule has 0 aromatic heterocycles. The average molecular weight is 314 g/mol. The van der Waals surface area contributed by atoms with E-state index < -0.39 is 6.10 Å². The van der Waals surface area contributed by atoms with Crippen molar-refractivity contribution in [3.05, 3.63) is 71.3 Å². The van der Waals surface area contributed by atoms with Gasteiger partial charge < -0.3 is 5.11 Å². The molecule has 2 aromatic rings. The van der Waals surface area contributed by atoms with E-state index in [0.29, 0.717) is 22.3 Å². The first-order chi connectivity index (χ1) is 10.9. The van der Waals surface area contributed by atoms with Crippen LogP contribution < -0.4 is 0 Å². The van der Waals surface area contributed by atoms with Crippen molar-refractivity contribution in [2.45, 2.75) is 19.6 Å². The number of quaternary nitrogens is 1. The lowest BCUT2D eigenvalue weighted by molar-refractivity contribution is -1.09. The first-order valence-electron chi connectivity index (χ1n) is 7.72. The van der Waals surface area contributed by atoms with Crippen molar-refractivity contribution in [3.8, 4) is 0 Å². The summed E-state index contributed by atoms with van der Waals surface area (Å²) in [6.07, 6.45) is -0.488. The zero-order chi connectivity index (χ0) is 16.9. The smallest absolute Gasteiger partial charge is 0.193 e. The molecule has 0 fully saturated rings. The number of ketones is 1. The molecule has 0 aliphatic rings. The SMILES string of the molecule is CC(O)CO[N+](C)(C)Cc1ccc(C(=O)c2ccccc2)cc1. The van der Waals surface area contributed by atoms with Crippen LogP contribution >= 0.6 is 0 Å². The summed E-state index contributed by atoms with van der Waals surface area (Å²) >= 11 is 0. The van der Waals surface area contributed by atoms with Gasteiger partial charge in [0.15, 0.2) is 5.78 Å². The van der Waals surface area contributed by atoms with Crippen LogP contribution in [0.15, 0.2) is 54.6 Å². The lowest BCUT2D eigenvalue weighted by Crippen LogP contribution is -2.40. The summed E-state index contributed by atoms with van der Waals surface area (Å²) in [7, 11) is 3.87. The van der Waals surface area contributed by atoms with Gasteiger partial charge in [0.05, 0.1) is 20.2 Å². The molecule has 0 heterocycles. The topological polar surface area (TPSA) is 46.5 Å². The molecule has 1 atom stereocenters. The van der Waals surface area contributed by atoms with Crippen molar-refractivity contribution in [1.29, 1.82) is 0 Å². The fourth-order valence-corrected chi connectivity index (χ4v) is 2.31. The summed E-state index contributed by atoms with van der Waals surface area (Å²) < 4.78 is 0.316. The Labute approximate surface area is 137 Å². The lowest BCUT2D eigenvalue weighted by Gasteiger charge is -2.27. The average Bonchev–Trinajstić information content (AvgIpc) is 2.54. The maximum Gasteiger partial charge on any atom is 0.193 e. The van der Waals surface area contributed by atoms with Gasteiger partial charge >= 0.3 is 0 Å². The van der Waals surface area contributed by atoms with Crippen molar-refractivity contribution in [1.82, 2.24) is 0 Å². The Balaban J connectivity index is 2.03. The Morgan fingerprint density at radius 3 is 2.17 bits per heavy atom. The van der Waals surface area contributed by atoms with Crippen molar-refractivity contribution in [3.63, 3.8) is 0 Å². The van der Waals surface area contributed by atoms with E-state index in [9.17, 15) is 9.90 Å². The highest BCUT2D eigenvalue weighted by Crippen LogP contribution is 2.14. The number of carbonyl (C=O) groups excluding carboxylic acids is 1. The van der Waals surface area contributed by atoms with Gasteiger partial charge in [-0.2, -0.15) is 4.65 Å². The monoisotopic (exact) mass is 314 g/mol. The highest BCUT2D eigenvalue weighted by molar-refractivity contribution is 6.08. The molecule has 122 valence electrons. The number of hydrogen-bond donors (Lipinski definition) is 1. The van der Waals surface area contributed by atoms with E-state index in [4.69, 9.17) is 4.84 Å². The maximum atomic E-state index is 12.4. The molecule has 0 amide bonds. The molecular formula is C19H24NO3+. The van der Waals surface area contributed by atoms with Gasteiger partial charge in [-0.3, -0.25) is 4.79 Å². The van der Waals surface area contributed by atoms with Crippen molar-refractivity contribution in [2.75, 3.05) is 20.7 Å². The van der Waals surface area contributed by atoms with Gasteiger partial charge in [0, 0.05) is 16.7 Å². The molecule has 0 radical (unpaired) electrons. The minimum Gasteiger partial charge on any atom is -0.391 e. The third kappa shape index (κ3) is 5.28. The predicted molar refractivity (Wildman–Crippen MR) is 89.8 cm³/mol. The zero-order valence-corrected chi connectivity index (χ0v) is 13.9. The van der Waals surface area contributed by atoms with E-state index >= 15 is 0 Å². The van der Waals surface area contributed by atoms with Gasteiger partial charge in [0.25, 0.3) is 0 Å². The second kappa shape index (κ2) is 7.51. The third-order valence-corrected chi connectivity index (χ3v) is 3.48. The Morgan fingerprint density at radius 2 is 1.61 bits per heavy atom. The highest BCUT2D eigenvalue weighted by Gasteiger charge is 2.19. The molecule has 0 saturated carbocycles. The van der Waals surface area contributed by atoms with E-state index in [1.54, 1.807) is 6.92 Å². The van der Waals surface area contributed by atoms with Crippen LogP contribution in [0.4, 0.5) is 0 Å².